The molecular weight excluding hydrogens is 300 g/mol. The van der Waals surface area contributed by atoms with E-state index in [9.17, 15) is 4.79 Å². The lowest BCUT2D eigenvalue weighted by Crippen LogP contribution is -2.56. The van der Waals surface area contributed by atoms with Crippen LogP contribution in [0.4, 0.5) is 5.82 Å². The minimum absolute atomic E-state index is 0.00317. The molecular formula is C16H19ClN4O. The van der Waals surface area contributed by atoms with E-state index in [1.54, 1.807) is 6.33 Å². The summed E-state index contributed by atoms with van der Waals surface area (Å²) < 4.78 is 0. The van der Waals surface area contributed by atoms with Crippen LogP contribution in [-0.4, -0.2) is 34.5 Å². The highest BCUT2D eigenvalue weighted by atomic mass is 35.5. The van der Waals surface area contributed by atoms with Gasteiger partial charge in [0.2, 0.25) is 5.91 Å². The maximum atomic E-state index is 12.1. The van der Waals surface area contributed by atoms with Gasteiger partial charge in [0.1, 0.15) is 12.1 Å². The molecule has 1 saturated heterocycles. The molecule has 1 amide bonds. The molecule has 0 atom stereocenters. The predicted octanol–water partition coefficient (Wildman–Crippen LogP) is 2.63. The lowest BCUT2D eigenvalue weighted by Gasteiger charge is -2.40. The van der Waals surface area contributed by atoms with Crippen molar-refractivity contribution < 1.29 is 4.79 Å². The van der Waals surface area contributed by atoms with Gasteiger partial charge in [0, 0.05) is 29.0 Å². The fraction of sp³-hybridized carbons (Fsp3) is 0.438. The van der Waals surface area contributed by atoms with Crippen molar-refractivity contribution in [3.8, 4) is 0 Å². The topological polar surface area (TPSA) is 58.1 Å². The number of anilines is 1. The van der Waals surface area contributed by atoms with Crippen LogP contribution >= 0.6 is 11.6 Å². The van der Waals surface area contributed by atoms with Crippen LogP contribution in [0.25, 0.3) is 10.9 Å². The largest absolute Gasteiger partial charge is 0.354 e. The summed E-state index contributed by atoms with van der Waals surface area (Å²) in [6, 6.07) is 5.57. The zero-order valence-electron chi connectivity index (χ0n) is 12.9. The van der Waals surface area contributed by atoms with Crippen LogP contribution < -0.4 is 10.2 Å². The number of halogens is 1. The van der Waals surface area contributed by atoms with Gasteiger partial charge in [0.15, 0.2) is 0 Å². The number of benzene rings is 1. The number of carbonyl (C=O) groups excluding carboxylic acids is 1. The van der Waals surface area contributed by atoms with Crippen LogP contribution in [0.5, 0.6) is 0 Å². The minimum atomic E-state index is -0.202. The van der Waals surface area contributed by atoms with Gasteiger partial charge in [-0.3, -0.25) is 4.79 Å². The average molecular weight is 319 g/mol. The molecule has 0 saturated carbocycles. The highest BCUT2D eigenvalue weighted by Gasteiger charge is 2.35. The van der Waals surface area contributed by atoms with Gasteiger partial charge in [0.05, 0.1) is 11.4 Å². The number of hydrogen-bond donors (Lipinski definition) is 1. The lowest BCUT2D eigenvalue weighted by atomic mass is 9.96. The summed E-state index contributed by atoms with van der Waals surface area (Å²) in [5, 5.41) is 4.60. The first-order valence-corrected chi connectivity index (χ1v) is 7.68. The van der Waals surface area contributed by atoms with Crippen LogP contribution in [0.2, 0.25) is 5.02 Å². The summed E-state index contributed by atoms with van der Waals surface area (Å²) in [6.45, 7) is 7.30. The van der Waals surface area contributed by atoms with Crippen LogP contribution in [-0.2, 0) is 4.79 Å². The number of nitrogens with zero attached hydrogens (tertiary/aromatic N) is 3. The van der Waals surface area contributed by atoms with E-state index in [0.29, 0.717) is 18.1 Å². The molecule has 0 radical (unpaired) electrons. The Morgan fingerprint density at radius 2 is 2.05 bits per heavy atom. The molecule has 1 N–H and O–H groups in total. The lowest BCUT2D eigenvalue weighted by molar-refractivity contribution is -0.127. The normalized spacial score (nSPS) is 15.7. The Balaban J connectivity index is 1.76. The molecule has 1 fully saturated rings. The van der Waals surface area contributed by atoms with E-state index in [1.165, 1.54) is 0 Å². The van der Waals surface area contributed by atoms with Gasteiger partial charge in [-0.1, -0.05) is 11.6 Å². The van der Waals surface area contributed by atoms with E-state index in [2.05, 4.69) is 20.2 Å². The maximum absolute atomic E-state index is 12.1. The first kappa shape index (κ1) is 15.0. The van der Waals surface area contributed by atoms with Crippen molar-refractivity contribution in [2.24, 2.45) is 5.92 Å². The zero-order chi connectivity index (χ0) is 15.9. The van der Waals surface area contributed by atoms with E-state index in [-0.39, 0.29) is 17.4 Å². The van der Waals surface area contributed by atoms with Crippen LogP contribution in [0.1, 0.15) is 20.8 Å². The number of amides is 1. The van der Waals surface area contributed by atoms with Crippen molar-refractivity contribution >= 4 is 34.2 Å². The number of carbonyl (C=O) groups is 1. The van der Waals surface area contributed by atoms with Crippen LogP contribution in [0.15, 0.2) is 24.5 Å². The summed E-state index contributed by atoms with van der Waals surface area (Å²) in [6.07, 6.45) is 1.55. The molecule has 0 bridgehead atoms. The first-order chi connectivity index (χ1) is 10.3. The molecule has 6 heteroatoms. The van der Waals surface area contributed by atoms with Gasteiger partial charge < -0.3 is 10.2 Å². The van der Waals surface area contributed by atoms with Gasteiger partial charge >= 0.3 is 0 Å². The Hall–Kier alpha value is -1.88. The zero-order valence-corrected chi connectivity index (χ0v) is 13.7. The Morgan fingerprint density at radius 1 is 1.32 bits per heavy atom. The number of hydrogen-bond acceptors (Lipinski definition) is 4. The van der Waals surface area contributed by atoms with E-state index < -0.39 is 0 Å². The molecule has 116 valence electrons. The Kier molecular flexibility index (Phi) is 3.68. The monoisotopic (exact) mass is 318 g/mol. The Morgan fingerprint density at radius 3 is 2.73 bits per heavy atom. The third-order valence-electron chi connectivity index (χ3n) is 3.63. The predicted molar refractivity (Wildman–Crippen MR) is 88.1 cm³/mol. The number of aromatic nitrogens is 2. The molecule has 2 heterocycles. The van der Waals surface area contributed by atoms with Crippen molar-refractivity contribution in [2.75, 3.05) is 18.0 Å². The van der Waals surface area contributed by atoms with Crippen molar-refractivity contribution in [3.05, 3.63) is 29.5 Å². The summed E-state index contributed by atoms with van der Waals surface area (Å²) >= 11 is 6.07. The standard InChI is InChI=1S/C16H19ClN4O/c1-16(2,3)20-15(22)10-7-21(8-10)14-12-6-11(17)4-5-13(12)18-9-19-14/h4-6,9-10H,7-8H2,1-3H3,(H,20,22). The maximum Gasteiger partial charge on any atom is 0.227 e. The van der Waals surface area contributed by atoms with E-state index in [4.69, 9.17) is 11.6 Å². The van der Waals surface area contributed by atoms with E-state index >= 15 is 0 Å². The molecule has 0 aliphatic carbocycles. The second-order valence-electron chi connectivity index (χ2n) is 6.70. The Bertz CT molecular complexity index is 720. The third kappa shape index (κ3) is 2.99. The summed E-state index contributed by atoms with van der Waals surface area (Å²) in [5.74, 6) is 0.941. The SMILES string of the molecule is CC(C)(C)NC(=O)C1CN(c2ncnc3ccc(Cl)cc23)C1. The molecule has 0 unspecified atom stereocenters. The molecule has 22 heavy (non-hydrogen) atoms. The van der Waals surface area contributed by atoms with Gasteiger partial charge in [-0.25, -0.2) is 9.97 Å². The van der Waals surface area contributed by atoms with Crippen molar-refractivity contribution in [1.29, 1.82) is 0 Å². The van der Waals surface area contributed by atoms with Crippen molar-refractivity contribution in [2.45, 2.75) is 26.3 Å². The van der Waals surface area contributed by atoms with Gasteiger partial charge in [-0.2, -0.15) is 0 Å². The van der Waals surface area contributed by atoms with E-state index in [0.717, 1.165) is 16.7 Å². The molecule has 3 rings (SSSR count). The molecule has 1 aromatic heterocycles. The van der Waals surface area contributed by atoms with Crippen molar-refractivity contribution in [3.63, 3.8) is 0 Å². The summed E-state index contributed by atoms with van der Waals surface area (Å²) in [4.78, 5) is 22.8. The van der Waals surface area contributed by atoms with Gasteiger partial charge in [-0.05, 0) is 39.0 Å². The van der Waals surface area contributed by atoms with Crippen LogP contribution in [0.3, 0.4) is 0 Å². The fourth-order valence-corrected chi connectivity index (χ4v) is 2.73. The van der Waals surface area contributed by atoms with Gasteiger partial charge in [0.25, 0.3) is 0 Å². The molecule has 1 aromatic carbocycles. The number of fused-ring (bicyclic) bond motifs is 1. The number of rotatable bonds is 2. The molecule has 1 aliphatic rings. The molecule has 0 spiro atoms. The second-order valence-corrected chi connectivity index (χ2v) is 7.14. The third-order valence-corrected chi connectivity index (χ3v) is 3.86. The highest BCUT2D eigenvalue weighted by Crippen LogP contribution is 2.30. The quantitative estimate of drug-likeness (QED) is 0.925. The van der Waals surface area contributed by atoms with Crippen molar-refractivity contribution in [1.82, 2.24) is 15.3 Å². The first-order valence-electron chi connectivity index (χ1n) is 7.31. The average Bonchev–Trinajstić information content (AvgIpc) is 2.35. The fourth-order valence-electron chi connectivity index (χ4n) is 2.56. The molecule has 5 nitrogen and oxygen atoms in total. The van der Waals surface area contributed by atoms with Crippen LogP contribution in [0, 0.1) is 5.92 Å². The van der Waals surface area contributed by atoms with E-state index in [1.807, 2.05) is 39.0 Å². The Labute approximate surface area is 134 Å². The number of nitrogens with one attached hydrogen (secondary N) is 1. The smallest absolute Gasteiger partial charge is 0.227 e. The second kappa shape index (κ2) is 5.39. The minimum Gasteiger partial charge on any atom is -0.354 e. The molecule has 2 aromatic rings. The molecule has 1 aliphatic heterocycles. The summed E-state index contributed by atoms with van der Waals surface area (Å²) in [5.41, 5.74) is 0.657. The van der Waals surface area contributed by atoms with Gasteiger partial charge in [-0.15, -0.1) is 0 Å². The summed E-state index contributed by atoms with van der Waals surface area (Å²) in [7, 11) is 0. The highest BCUT2D eigenvalue weighted by molar-refractivity contribution is 6.31.